The monoisotopic (exact) mass is 385 g/mol. The predicted octanol–water partition coefficient (Wildman–Crippen LogP) is 5.17. The third-order valence-electron chi connectivity index (χ3n) is 3.78. The highest BCUT2D eigenvalue weighted by Crippen LogP contribution is 2.25. The van der Waals surface area contributed by atoms with Crippen molar-refractivity contribution < 1.29 is 9.84 Å². The lowest BCUT2D eigenvalue weighted by Crippen LogP contribution is -2.20. The van der Waals surface area contributed by atoms with E-state index in [1.54, 1.807) is 24.3 Å². The van der Waals surface area contributed by atoms with Gasteiger partial charge in [-0.15, -0.1) is 12.4 Å². The van der Waals surface area contributed by atoms with Crippen LogP contribution in [0.5, 0.6) is 5.75 Å². The second-order valence-electron chi connectivity index (χ2n) is 6.21. The molecule has 0 saturated heterocycles. The highest BCUT2D eigenvalue weighted by atomic mass is 35.5. The van der Waals surface area contributed by atoms with Gasteiger partial charge in [0.2, 0.25) is 0 Å². The molecule has 4 heteroatoms. The fourth-order valence-corrected chi connectivity index (χ4v) is 2.42. The summed E-state index contributed by atoms with van der Waals surface area (Å²) < 4.78 is 6.08. The molecule has 0 aliphatic heterocycles. The first kappa shape index (κ1) is 22.7. The molecule has 144 valence electrons. The third-order valence-corrected chi connectivity index (χ3v) is 3.78. The maximum Gasteiger partial charge on any atom is 0.115 e. The fourth-order valence-electron chi connectivity index (χ4n) is 2.42. The molecule has 0 unspecified atom stereocenters. The molecule has 0 atom stereocenters. The summed E-state index contributed by atoms with van der Waals surface area (Å²) in [4.78, 5) is 2.13. The van der Waals surface area contributed by atoms with Gasteiger partial charge in [0.1, 0.15) is 11.9 Å². The Morgan fingerprint density at radius 3 is 1.48 bits per heavy atom. The number of phenolic OH excluding ortho intramolecular Hbond substituents is 1. The molecule has 3 aromatic carbocycles. The molecule has 3 nitrogen and oxygen atoms in total. The number of ether oxygens (including phenoxy) is 1. The zero-order valence-electron chi connectivity index (χ0n) is 15.9. The van der Waals surface area contributed by atoms with Crippen LogP contribution in [0.4, 0.5) is 0 Å². The highest BCUT2D eigenvalue weighted by molar-refractivity contribution is 5.85. The number of hydrogen-bond donors (Lipinski definition) is 1. The van der Waals surface area contributed by atoms with Crippen LogP contribution >= 0.6 is 12.4 Å². The van der Waals surface area contributed by atoms with E-state index in [-0.39, 0.29) is 18.5 Å². The van der Waals surface area contributed by atoms with E-state index in [1.807, 2.05) is 18.2 Å². The Kier molecular flexibility index (Phi) is 10.9. The minimum absolute atomic E-state index is 0. The first-order chi connectivity index (χ1) is 12.7. The van der Waals surface area contributed by atoms with Crippen molar-refractivity contribution in [2.75, 3.05) is 27.2 Å². The van der Waals surface area contributed by atoms with E-state index < -0.39 is 0 Å². The number of rotatable bonds is 6. The Hall–Kier alpha value is -2.33. The standard InChI is InChI=1S/C17H21NO.C6H6O.ClH/c1-18(2)13-14-19-17(15-9-5-3-6-10-15)16-11-7-4-8-12-16;7-6-4-2-1-3-5-6;/h3-12,17H,13-14H2,1-2H3;1-5,7H;1H. The molecule has 0 amide bonds. The average Bonchev–Trinajstić information content (AvgIpc) is 2.68. The second-order valence-corrected chi connectivity index (χ2v) is 6.21. The van der Waals surface area contributed by atoms with E-state index in [0.717, 1.165) is 13.2 Å². The first-order valence-electron chi connectivity index (χ1n) is 8.77. The molecule has 1 N–H and O–H groups in total. The van der Waals surface area contributed by atoms with Crippen molar-refractivity contribution >= 4 is 12.4 Å². The lowest BCUT2D eigenvalue weighted by Gasteiger charge is -2.20. The van der Waals surface area contributed by atoms with Crippen LogP contribution in [-0.2, 0) is 4.74 Å². The van der Waals surface area contributed by atoms with Gasteiger partial charge in [-0.25, -0.2) is 0 Å². The molecule has 0 aromatic heterocycles. The van der Waals surface area contributed by atoms with Crippen molar-refractivity contribution in [2.45, 2.75) is 6.10 Å². The quantitative estimate of drug-likeness (QED) is 0.635. The lowest BCUT2D eigenvalue weighted by atomic mass is 10.0. The predicted molar refractivity (Wildman–Crippen MR) is 115 cm³/mol. The largest absolute Gasteiger partial charge is 0.508 e. The van der Waals surface area contributed by atoms with Crippen molar-refractivity contribution in [1.29, 1.82) is 0 Å². The van der Waals surface area contributed by atoms with E-state index >= 15 is 0 Å². The van der Waals surface area contributed by atoms with Gasteiger partial charge in [-0.3, -0.25) is 0 Å². The molecule has 27 heavy (non-hydrogen) atoms. The zero-order chi connectivity index (χ0) is 18.6. The molecular weight excluding hydrogens is 358 g/mol. The van der Waals surface area contributed by atoms with E-state index in [1.165, 1.54) is 11.1 Å². The maximum atomic E-state index is 8.63. The van der Waals surface area contributed by atoms with Gasteiger partial charge < -0.3 is 14.7 Å². The van der Waals surface area contributed by atoms with Gasteiger partial charge in [0.25, 0.3) is 0 Å². The third kappa shape index (κ3) is 8.74. The van der Waals surface area contributed by atoms with E-state index in [4.69, 9.17) is 9.84 Å². The Morgan fingerprint density at radius 2 is 1.15 bits per heavy atom. The van der Waals surface area contributed by atoms with Gasteiger partial charge in [-0.1, -0.05) is 78.9 Å². The van der Waals surface area contributed by atoms with Crippen LogP contribution in [-0.4, -0.2) is 37.3 Å². The van der Waals surface area contributed by atoms with E-state index in [9.17, 15) is 0 Å². The maximum absolute atomic E-state index is 8.63. The van der Waals surface area contributed by atoms with E-state index in [2.05, 4.69) is 67.5 Å². The molecule has 3 aromatic rings. The summed E-state index contributed by atoms with van der Waals surface area (Å²) in [7, 11) is 4.12. The van der Waals surface area contributed by atoms with Gasteiger partial charge in [-0.2, -0.15) is 0 Å². The van der Waals surface area contributed by atoms with Crippen molar-refractivity contribution in [1.82, 2.24) is 4.90 Å². The summed E-state index contributed by atoms with van der Waals surface area (Å²) in [5, 5.41) is 8.63. The summed E-state index contributed by atoms with van der Waals surface area (Å²) in [6.45, 7) is 1.65. The zero-order valence-corrected chi connectivity index (χ0v) is 16.7. The van der Waals surface area contributed by atoms with Gasteiger partial charge in [0, 0.05) is 6.54 Å². The molecule has 0 aliphatic rings. The normalized spacial score (nSPS) is 10.1. The first-order valence-corrected chi connectivity index (χ1v) is 8.77. The smallest absolute Gasteiger partial charge is 0.115 e. The van der Waals surface area contributed by atoms with Crippen molar-refractivity contribution in [3.8, 4) is 5.75 Å². The second kappa shape index (κ2) is 12.9. The van der Waals surface area contributed by atoms with E-state index in [0.29, 0.717) is 5.75 Å². The number of nitrogens with zero attached hydrogens (tertiary/aromatic N) is 1. The number of likely N-dealkylation sites (N-methyl/N-ethyl adjacent to an activating group) is 1. The van der Waals surface area contributed by atoms with Crippen LogP contribution < -0.4 is 0 Å². The van der Waals surface area contributed by atoms with Gasteiger partial charge in [-0.05, 0) is 37.4 Å². The van der Waals surface area contributed by atoms with Crippen LogP contribution in [0, 0.1) is 0 Å². The van der Waals surface area contributed by atoms with Crippen molar-refractivity contribution in [3.63, 3.8) is 0 Å². The summed E-state index contributed by atoms with van der Waals surface area (Å²) in [5.41, 5.74) is 2.40. The van der Waals surface area contributed by atoms with Crippen molar-refractivity contribution in [3.05, 3.63) is 102 Å². The Morgan fingerprint density at radius 1 is 0.741 bits per heavy atom. The summed E-state index contributed by atoms with van der Waals surface area (Å²) in [6, 6.07) is 29.5. The number of phenols is 1. The Balaban J connectivity index is 0.000000385. The van der Waals surface area contributed by atoms with Gasteiger partial charge in [0.05, 0.1) is 6.61 Å². The number of benzene rings is 3. The minimum Gasteiger partial charge on any atom is -0.508 e. The molecule has 0 spiro atoms. The lowest BCUT2D eigenvalue weighted by molar-refractivity contribution is 0.0687. The summed E-state index contributed by atoms with van der Waals surface area (Å²) in [6.07, 6.45) is 0.0161. The molecular formula is C23H28ClNO2. The van der Waals surface area contributed by atoms with Crippen LogP contribution in [0.15, 0.2) is 91.0 Å². The molecule has 0 heterocycles. The van der Waals surface area contributed by atoms with Gasteiger partial charge in [0.15, 0.2) is 0 Å². The topological polar surface area (TPSA) is 32.7 Å². The molecule has 0 saturated carbocycles. The van der Waals surface area contributed by atoms with Crippen LogP contribution in [0.3, 0.4) is 0 Å². The minimum atomic E-state index is 0. The molecule has 0 radical (unpaired) electrons. The number of para-hydroxylation sites is 1. The van der Waals surface area contributed by atoms with Crippen LogP contribution in [0.2, 0.25) is 0 Å². The number of halogens is 1. The molecule has 0 fully saturated rings. The van der Waals surface area contributed by atoms with Crippen LogP contribution in [0.1, 0.15) is 17.2 Å². The molecule has 3 rings (SSSR count). The highest BCUT2D eigenvalue weighted by Gasteiger charge is 2.13. The number of aromatic hydroxyl groups is 1. The summed E-state index contributed by atoms with van der Waals surface area (Å²) in [5.74, 6) is 0.322. The summed E-state index contributed by atoms with van der Waals surface area (Å²) >= 11 is 0. The number of hydrogen-bond acceptors (Lipinski definition) is 3. The SMILES string of the molecule is CN(C)CCOC(c1ccccc1)c1ccccc1.Cl.Oc1ccccc1. The van der Waals surface area contributed by atoms with Crippen molar-refractivity contribution in [2.24, 2.45) is 0 Å². The average molecular weight is 386 g/mol. The fraction of sp³-hybridized carbons (Fsp3) is 0.217. The van der Waals surface area contributed by atoms with Crippen LogP contribution in [0.25, 0.3) is 0 Å². The Bertz CT molecular complexity index is 682. The Labute approximate surface area is 168 Å². The molecule has 0 bridgehead atoms. The van der Waals surface area contributed by atoms with Gasteiger partial charge >= 0.3 is 0 Å². The molecule has 0 aliphatic carbocycles.